The number of hydrogen-bond acceptors (Lipinski definition) is 7. The number of amides is 3. The Morgan fingerprint density at radius 2 is 1.25 bits per heavy atom. The first-order chi connectivity index (χ1) is 34.4. The molecule has 3 saturated carbocycles. The molecule has 0 aliphatic heterocycles. The molecule has 5 unspecified atom stereocenters. The third kappa shape index (κ3) is 11.6. The Hall–Kier alpha value is -6.31. The number of hydrogen-bond donors (Lipinski definition) is 3. The van der Waals surface area contributed by atoms with E-state index in [4.69, 9.17) is 0 Å². The van der Waals surface area contributed by atoms with Gasteiger partial charge in [-0.25, -0.2) is 17.6 Å². The molecule has 4 aliphatic carbocycles. The Morgan fingerprint density at radius 1 is 0.699 bits per heavy atom. The van der Waals surface area contributed by atoms with Crippen molar-refractivity contribution >= 4 is 46.1 Å². The number of aromatic nitrogens is 6. The Kier molecular flexibility index (Phi) is 15.2. The fourth-order valence-electron chi connectivity index (χ4n) is 11.0. The highest BCUT2D eigenvalue weighted by molar-refractivity contribution is 7.10. The van der Waals surface area contributed by atoms with E-state index in [-0.39, 0.29) is 22.5 Å². The molecule has 2 bridgehead atoms. The summed E-state index contributed by atoms with van der Waals surface area (Å²) in [5, 5.41) is 20.7. The topological polar surface area (TPSA) is 141 Å². The maximum absolute atomic E-state index is 13.1. The largest absolute Gasteiger partial charge is 0.435 e. The van der Waals surface area contributed by atoms with E-state index < -0.39 is 59.4 Å². The van der Waals surface area contributed by atoms with E-state index in [9.17, 15) is 45.1 Å². The summed E-state index contributed by atoms with van der Waals surface area (Å²) < 4.78 is 94.7. The van der Waals surface area contributed by atoms with Gasteiger partial charge in [0.25, 0.3) is 30.6 Å². The van der Waals surface area contributed by atoms with Gasteiger partial charge in [-0.05, 0) is 132 Å². The molecule has 3 amide bonds. The summed E-state index contributed by atoms with van der Waals surface area (Å²) in [6, 6.07) is 15.4. The minimum absolute atomic E-state index is 0.0724. The van der Waals surface area contributed by atoms with Crippen LogP contribution in [-0.2, 0) is 27.3 Å². The van der Waals surface area contributed by atoms with E-state index >= 15 is 0 Å². The first-order valence-corrected chi connectivity index (χ1v) is 25.3. The zero-order chi connectivity index (χ0) is 52.8. The summed E-state index contributed by atoms with van der Waals surface area (Å²) in [6.07, 6.45) is 0.618. The van der Waals surface area contributed by atoms with Gasteiger partial charge in [-0.15, -0.1) is 11.3 Å². The number of anilines is 3. The molecule has 3 fully saturated rings. The molecule has 390 valence electrons. The minimum Gasteiger partial charge on any atom is -0.322 e. The summed E-state index contributed by atoms with van der Waals surface area (Å²) in [5.74, 6) is 1.93. The second-order valence-electron chi connectivity index (χ2n) is 20.7. The summed E-state index contributed by atoms with van der Waals surface area (Å²) in [6.45, 7) is 10.9. The van der Waals surface area contributed by atoms with Gasteiger partial charge >= 0.3 is 6.18 Å². The summed E-state index contributed by atoms with van der Waals surface area (Å²) in [5.41, 5.74) is 3.20. The summed E-state index contributed by atoms with van der Waals surface area (Å²) in [4.78, 5) is 38.2. The highest BCUT2D eigenvalue weighted by Crippen LogP contribution is 2.64. The zero-order valence-electron chi connectivity index (χ0n) is 41.8. The van der Waals surface area contributed by atoms with Crippen molar-refractivity contribution in [3.63, 3.8) is 0 Å². The molecule has 0 saturated heterocycles. The minimum atomic E-state index is -4.67. The maximum atomic E-state index is 13.1. The van der Waals surface area contributed by atoms with Crippen molar-refractivity contribution < 1.29 is 45.1 Å². The summed E-state index contributed by atoms with van der Waals surface area (Å²) in [7, 11) is 4.41. The number of halogens is 7. The van der Waals surface area contributed by atoms with Crippen LogP contribution < -0.4 is 16.0 Å². The van der Waals surface area contributed by atoms with Crippen molar-refractivity contribution in [1.29, 1.82) is 0 Å². The van der Waals surface area contributed by atoms with Crippen molar-refractivity contribution in [2.75, 3.05) is 16.0 Å². The van der Waals surface area contributed by atoms with E-state index in [2.05, 4.69) is 65.0 Å². The normalized spacial score (nSPS) is 19.8. The van der Waals surface area contributed by atoms with E-state index in [1.807, 2.05) is 48.7 Å². The molecule has 12 nitrogen and oxygen atoms in total. The lowest BCUT2D eigenvalue weighted by Gasteiger charge is -2.24. The first kappa shape index (κ1) is 53.0. The SMILES string of the molecule is CC(C)CC(C)c1sccc1NC(=O)c1cn(C)nc1C(F)(F)F.Cn1cc(C(=O)Nc2ccc3c(c2)C2CCC3C2(C)C)c(C(F)F)n1.Cn1cc(C(=O)Nc2ccccc2C2CC2C2CC2)c(C(F)F)n1. The fourth-order valence-corrected chi connectivity index (χ4v) is 11.9. The molecule has 20 heteroatoms. The van der Waals surface area contributed by atoms with Crippen LogP contribution in [-0.4, -0.2) is 47.1 Å². The van der Waals surface area contributed by atoms with Gasteiger partial charge in [0.05, 0.1) is 22.4 Å². The number of rotatable bonds is 13. The van der Waals surface area contributed by atoms with Gasteiger partial charge < -0.3 is 16.0 Å². The van der Waals surface area contributed by atoms with Crippen LogP contribution in [0.2, 0.25) is 0 Å². The van der Waals surface area contributed by atoms with Crippen molar-refractivity contribution in [3.05, 3.63) is 128 Å². The number of nitrogens with one attached hydrogen (secondary N) is 3. The lowest BCUT2D eigenvalue weighted by molar-refractivity contribution is -0.141. The van der Waals surface area contributed by atoms with Crippen molar-refractivity contribution in [2.45, 2.75) is 116 Å². The van der Waals surface area contributed by atoms with Gasteiger partial charge in [0, 0.05) is 56.0 Å². The molecule has 10 rings (SSSR count). The number of para-hydroxylation sites is 1. The maximum Gasteiger partial charge on any atom is 0.435 e. The Labute approximate surface area is 423 Å². The lowest BCUT2D eigenvalue weighted by atomic mass is 9.80. The van der Waals surface area contributed by atoms with Gasteiger partial charge in [-0.2, -0.15) is 28.5 Å². The van der Waals surface area contributed by atoms with Crippen LogP contribution in [0.1, 0.15) is 179 Å². The monoisotopic (exact) mass is 1040 g/mol. The highest BCUT2D eigenvalue weighted by Gasteiger charge is 2.51. The first-order valence-electron chi connectivity index (χ1n) is 24.4. The van der Waals surface area contributed by atoms with E-state index in [0.29, 0.717) is 35.0 Å². The number of carbonyl (C=O) groups is 3. The predicted molar refractivity (Wildman–Crippen MR) is 266 cm³/mol. The van der Waals surface area contributed by atoms with E-state index in [1.165, 1.54) is 91.0 Å². The molecule has 3 N–H and O–H groups in total. The second kappa shape index (κ2) is 20.9. The third-order valence-corrected chi connectivity index (χ3v) is 15.6. The Morgan fingerprint density at radius 3 is 1.84 bits per heavy atom. The third-order valence-electron chi connectivity index (χ3n) is 14.5. The highest BCUT2D eigenvalue weighted by atomic mass is 32.1. The van der Waals surface area contributed by atoms with E-state index in [1.54, 1.807) is 6.07 Å². The average molecular weight is 1040 g/mol. The molecule has 4 heterocycles. The number of carbonyl (C=O) groups excluding carboxylic acids is 3. The standard InChI is InChI=1S/C19H21F2N3O.C18H19F2N3O.C16H20F3N3OS/c1-19(2)14-6-7-15(19)12-8-10(4-5-11(12)14)22-18(25)13-9-24(3)23-16(13)17(20)21;1-23-9-14(16(22-23)17(19)20)18(24)21-15-5-3-2-4-11(15)13-8-12(13)10-6-7-10;1-9(2)7-10(3)13-12(5-6-24-13)20-15(23)11-8-22(4)21-14(11)16(17,18)19/h4-5,8-9,14-15,17H,6-7H2,1-3H3,(H,22,25);2-5,9-10,12-13,17H,6-8H2,1H3,(H,21,24);5-6,8-10H,7H2,1-4H3,(H,20,23). The van der Waals surface area contributed by atoms with Crippen LogP contribution in [0.25, 0.3) is 0 Å². The van der Waals surface area contributed by atoms with Crippen molar-refractivity contribution in [3.8, 4) is 0 Å². The molecule has 6 aromatic rings. The van der Waals surface area contributed by atoms with Crippen LogP contribution in [0, 0.1) is 23.2 Å². The Balaban J connectivity index is 0.000000146. The van der Waals surface area contributed by atoms with Crippen molar-refractivity contribution in [2.24, 2.45) is 44.3 Å². The van der Waals surface area contributed by atoms with Crippen molar-refractivity contribution in [1.82, 2.24) is 29.3 Å². The zero-order valence-corrected chi connectivity index (χ0v) is 42.6. The smallest absolute Gasteiger partial charge is 0.322 e. The molecule has 4 aliphatic rings. The Bertz CT molecular complexity index is 2990. The van der Waals surface area contributed by atoms with Gasteiger partial charge in [-0.3, -0.25) is 28.4 Å². The molecule has 0 spiro atoms. The predicted octanol–water partition coefficient (Wildman–Crippen LogP) is 13.6. The molecule has 0 radical (unpaired) electrons. The van der Waals surface area contributed by atoms with E-state index in [0.717, 1.165) is 51.7 Å². The van der Waals surface area contributed by atoms with Crippen LogP contribution in [0.15, 0.2) is 72.5 Å². The van der Waals surface area contributed by atoms with Gasteiger partial charge in [0.15, 0.2) is 5.69 Å². The van der Waals surface area contributed by atoms with Crippen LogP contribution in [0.5, 0.6) is 0 Å². The average Bonchev–Trinajstić information content (AvgIpc) is 3.99. The van der Waals surface area contributed by atoms with Crippen LogP contribution in [0.4, 0.5) is 47.8 Å². The lowest BCUT2D eigenvalue weighted by Crippen LogP contribution is -2.18. The number of aryl methyl sites for hydroxylation is 3. The molecular weight excluding hydrogens is 976 g/mol. The quantitative estimate of drug-likeness (QED) is 0.0984. The number of nitrogens with zero attached hydrogens (tertiary/aromatic N) is 6. The number of alkyl halides is 7. The van der Waals surface area contributed by atoms with Gasteiger partial charge in [-0.1, -0.05) is 58.9 Å². The second-order valence-corrected chi connectivity index (χ2v) is 21.7. The molecule has 4 aromatic heterocycles. The molecule has 73 heavy (non-hydrogen) atoms. The summed E-state index contributed by atoms with van der Waals surface area (Å²) >= 11 is 1.49. The molecule has 2 aromatic carbocycles. The fraction of sp³-hybridized carbons (Fsp3) is 0.472. The molecular formula is C53H60F7N9O3S. The molecule has 5 atom stereocenters. The number of benzene rings is 2. The number of thiophene rings is 1. The van der Waals surface area contributed by atoms with Gasteiger partial charge in [0.1, 0.15) is 11.4 Å². The van der Waals surface area contributed by atoms with Gasteiger partial charge in [0.2, 0.25) is 0 Å². The van der Waals surface area contributed by atoms with Crippen LogP contribution >= 0.6 is 11.3 Å². The number of fused-ring (bicyclic) bond motifs is 5. The van der Waals surface area contributed by atoms with Crippen LogP contribution in [0.3, 0.4) is 0 Å².